The first kappa shape index (κ1) is 19.5. The lowest BCUT2D eigenvalue weighted by Gasteiger charge is -2.44. The molecular formula is C19H34N2O3S2. The molecule has 4 unspecified atom stereocenters. The number of piperidine rings is 1. The first-order valence-corrected chi connectivity index (χ1v) is 13.4. The molecule has 0 spiro atoms. The van der Waals surface area contributed by atoms with Gasteiger partial charge in [-0.25, -0.2) is 8.42 Å². The smallest absolute Gasteiger partial charge is 0.150 e. The molecule has 26 heavy (non-hydrogen) atoms. The van der Waals surface area contributed by atoms with E-state index in [2.05, 4.69) is 10.2 Å². The number of fused-ring (bicyclic) bond motifs is 1. The van der Waals surface area contributed by atoms with E-state index in [1.807, 2.05) is 11.8 Å². The molecule has 1 aliphatic carbocycles. The fraction of sp³-hybridized carbons (Fsp3) is 1.00. The second-order valence-corrected chi connectivity index (χ2v) is 12.6. The van der Waals surface area contributed by atoms with Crippen molar-refractivity contribution in [1.82, 2.24) is 10.2 Å². The highest BCUT2D eigenvalue weighted by Gasteiger charge is 2.45. The highest BCUT2D eigenvalue weighted by atomic mass is 32.2. The van der Waals surface area contributed by atoms with Crippen LogP contribution in [0.1, 0.15) is 57.8 Å². The van der Waals surface area contributed by atoms with Crippen molar-refractivity contribution in [2.24, 2.45) is 5.92 Å². The summed E-state index contributed by atoms with van der Waals surface area (Å²) in [5.41, 5.74) is 0. The largest absolute Gasteiger partial charge is 0.390 e. The lowest BCUT2D eigenvalue weighted by Crippen LogP contribution is -2.59. The van der Waals surface area contributed by atoms with Crippen molar-refractivity contribution < 1.29 is 13.5 Å². The van der Waals surface area contributed by atoms with Crippen LogP contribution in [0.15, 0.2) is 0 Å². The maximum absolute atomic E-state index is 11.8. The Labute approximate surface area is 162 Å². The standard InChI is InChI=1S/C19H34N2O3S2/c1-26(23,24)15-7-5-14(6-8-15)21-11-10-13-4-9-16(20-19(13)21)18(22)17-3-2-12-25-17/h13-20,22H,2-12H2,1H3/t13?,14?,15?,16?,17?,18-,19?/m0/s1. The number of nitrogens with zero attached hydrogens (tertiary/aromatic N) is 1. The van der Waals surface area contributed by atoms with E-state index in [0.717, 1.165) is 45.1 Å². The van der Waals surface area contributed by atoms with Gasteiger partial charge in [0.2, 0.25) is 0 Å². The van der Waals surface area contributed by atoms with Crippen LogP contribution in [-0.4, -0.2) is 71.8 Å². The molecule has 4 fully saturated rings. The monoisotopic (exact) mass is 402 g/mol. The summed E-state index contributed by atoms with van der Waals surface area (Å²) in [6, 6.07) is 0.729. The molecule has 0 radical (unpaired) electrons. The van der Waals surface area contributed by atoms with Crippen molar-refractivity contribution >= 4 is 21.6 Å². The number of aliphatic hydroxyl groups excluding tert-OH is 1. The normalized spacial score (nSPS) is 43.3. The van der Waals surface area contributed by atoms with E-state index in [-0.39, 0.29) is 17.4 Å². The van der Waals surface area contributed by atoms with E-state index in [0.29, 0.717) is 23.4 Å². The third-order valence-electron chi connectivity index (χ3n) is 7.27. The Hall–Kier alpha value is 0.180. The molecule has 2 N–H and O–H groups in total. The number of aliphatic hydroxyl groups is 1. The zero-order chi connectivity index (χ0) is 18.3. The molecule has 7 heteroatoms. The molecule has 4 aliphatic rings. The maximum atomic E-state index is 11.8. The van der Waals surface area contributed by atoms with E-state index in [1.54, 1.807) is 0 Å². The predicted molar refractivity (Wildman–Crippen MR) is 107 cm³/mol. The summed E-state index contributed by atoms with van der Waals surface area (Å²) in [4.78, 5) is 2.61. The van der Waals surface area contributed by atoms with E-state index in [9.17, 15) is 13.5 Å². The minimum atomic E-state index is -2.90. The van der Waals surface area contributed by atoms with Crippen molar-refractivity contribution in [2.75, 3.05) is 18.6 Å². The van der Waals surface area contributed by atoms with E-state index < -0.39 is 9.84 Å². The van der Waals surface area contributed by atoms with Crippen LogP contribution in [0.3, 0.4) is 0 Å². The van der Waals surface area contributed by atoms with Gasteiger partial charge in [0.25, 0.3) is 0 Å². The zero-order valence-corrected chi connectivity index (χ0v) is 17.5. The summed E-state index contributed by atoms with van der Waals surface area (Å²) in [7, 11) is -2.90. The molecule has 0 aromatic rings. The number of hydrogen-bond donors (Lipinski definition) is 2. The van der Waals surface area contributed by atoms with Crippen molar-refractivity contribution in [3.8, 4) is 0 Å². The zero-order valence-electron chi connectivity index (χ0n) is 15.8. The number of thioether (sulfide) groups is 1. The van der Waals surface area contributed by atoms with E-state index in [1.165, 1.54) is 31.3 Å². The van der Waals surface area contributed by atoms with Gasteiger partial charge < -0.3 is 5.11 Å². The fourth-order valence-corrected chi connectivity index (χ4v) is 8.21. The number of likely N-dealkylation sites (tertiary alicyclic amines) is 1. The quantitative estimate of drug-likeness (QED) is 0.750. The van der Waals surface area contributed by atoms with Crippen molar-refractivity contribution in [3.05, 3.63) is 0 Å². The Morgan fingerprint density at radius 2 is 1.85 bits per heavy atom. The van der Waals surface area contributed by atoms with Crippen LogP contribution in [0.2, 0.25) is 0 Å². The SMILES string of the molecule is CS(=O)(=O)C1CCC(N2CCC3CCC([C@H](O)C4CCCS4)NC32)CC1. The number of rotatable bonds is 4. The number of hydrogen-bond acceptors (Lipinski definition) is 6. The minimum absolute atomic E-state index is 0.134. The van der Waals surface area contributed by atoms with Crippen LogP contribution in [0.5, 0.6) is 0 Å². The molecule has 0 aromatic heterocycles. The molecule has 0 amide bonds. The second-order valence-electron chi connectivity index (χ2n) is 8.88. The predicted octanol–water partition coefficient (Wildman–Crippen LogP) is 2.00. The molecule has 1 saturated carbocycles. The summed E-state index contributed by atoms with van der Waals surface area (Å²) in [5, 5.41) is 14.9. The van der Waals surface area contributed by atoms with Crippen LogP contribution in [0, 0.1) is 5.92 Å². The Kier molecular flexibility index (Phi) is 5.92. The molecule has 5 atom stereocenters. The molecule has 3 saturated heterocycles. The highest BCUT2D eigenvalue weighted by Crippen LogP contribution is 2.39. The second kappa shape index (κ2) is 7.90. The first-order valence-electron chi connectivity index (χ1n) is 10.4. The van der Waals surface area contributed by atoms with Crippen LogP contribution >= 0.6 is 11.8 Å². The summed E-state index contributed by atoms with van der Waals surface area (Å²) in [6.45, 7) is 1.12. The molecule has 3 aliphatic heterocycles. The van der Waals surface area contributed by atoms with Gasteiger partial charge in [-0.1, -0.05) is 0 Å². The number of nitrogens with one attached hydrogen (secondary N) is 1. The van der Waals surface area contributed by atoms with Crippen molar-refractivity contribution in [1.29, 1.82) is 0 Å². The van der Waals surface area contributed by atoms with Gasteiger partial charge in [-0.3, -0.25) is 10.2 Å². The molecule has 0 bridgehead atoms. The molecule has 3 heterocycles. The molecular weight excluding hydrogens is 368 g/mol. The van der Waals surface area contributed by atoms with Crippen molar-refractivity contribution in [2.45, 2.75) is 92.6 Å². The number of sulfone groups is 1. The third kappa shape index (κ3) is 3.97. The summed E-state index contributed by atoms with van der Waals surface area (Å²) in [5.74, 6) is 1.89. The van der Waals surface area contributed by atoms with Gasteiger partial charge in [-0.05, 0) is 69.5 Å². The minimum Gasteiger partial charge on any atom is -0.390 e. The summed E-state index contributed by atoms with van der Waals surface area (Å²) < 4.78 is 23.7. The topological polar surface area (TPSA) is 69.6 Å². The van der Waals surface area contributed by atoms with Gasteiger partial charge in [0.15, 0.2) is 0 Å². The van der Waals surface area contributed by atoms with Gasteiger partial charge in [0, 0.05) is 30.1 Å². The van der Waals surface area contributed by atoms with Crippen LogP contribution in [0.25, 0.3) is 0 Å². The average Bonchev–Trinajstić information content (AvgIpc) is 3.30. The molecule has 4 rings (SSSR count). The molecule has 5 nitrogen and oxygen atoms in total. The average molecular weight is 403 g/mol. The van der Waals surface area contributed by atoms with Crippen molar-refractivity contribution in [3.63, 3.8) is 0 Å². The van der Waals surface area contributed by atoms with Crippen LogP contribution in [-0.2, 0) is 9.84 Å². The Bertz CT molecular complexity index is 586. The fourth-order valence-electron chi connectivity index (χ4n) is 5.73. The van der Waals surface area contributed by atoms with Gasteiger partial charge in [0.05, 0.1) is 17.5 Å². The van der Waals surface area contributed by atoms with Gasteiger partial charge >= 0.3 is 0 Å². The van der Waals surface area contributed by atoms with E-state index in [4.69, 9.17) is 0 Å². The Morgan fingerprint density at radius 3 is 2.50 bits per heavy atom. The molecule has 0 aromatic carbocycles. The highest BCUT2D eigenvalue weighted by molar-refractivity contribution is 8.00. The van der Waals surface area contributed by atoms with Crippen LogP contribution < -0.4 is 5.32 Å². The van der Waals surface area contributed by atoms with Gasteiger partial charge in [0.1, 0.15) is 9.84 Å². The van der Waals surface area contributed by atoms with Gasteiger partial charge in [-0.15, -0.1) is 0 Å². The first-order chi connectivity index (χ1) is 12.4. The Morgan fingerprint density at radius 1 is 1.08 bits per heavy atom. The Balaban J connectivity index is 1.37. The summed E-state index contributed by atoms with van der Waals surface area (Å²) >= 11 is 1.94. The lowest BCUT2D eigenvalue weighted by atomic mass is 9.87. The lowest BCUT2D eigenvalue weighted by molar-refractivity contribution is 0.0340. The van der Waals surface area contributed by atoms with Crippen LogP contribution in [0.4, 0.5) is 0 Å². The third-order valence-corrected chi connectivity index (χ3v) is 10.4. The molecule has 150 valence electrons. The maximum Gasteiger partial charge on any atom is 0.150 e. The van der Waals surface area contributed by atoms with E-state index >= 15 is 0 Å². The summed E-state index contributed by atoms with van der Waals surface area (Å²) in [6.07, 6.45) is 11.1. The van der Waals surface area contributed by atoms with Gasteiger partial charge in [-0.2, -0.15) is 11.8 Å².